The number of nitrogens with zero attached hydrogens (tertiary/aromatic N) is 1. The molecule has 0 aromatic carbocycles. The Bertz CT molecular complexity index is 314. The molecule has 0 aromatic rings. The number of nitrogens with one attached hydrogen (secondary N) is 1. The number of hydrogen-bond donors (Lipinski definition) is 1. The predicted molar refractivity (Wildman–Crippen MR) is 69.7 cm³/mol. The van der Waals surface area contributed by atoms with Gasteiger partial charge in [0.15, 0.2) is 0 Å². The minimum absolute atomic E-state index is 0.217. The number of hydrogen-bond acceptors (Lipinski definition) is 2. The van der Waals surface area contributed by atoms with E-state index in [1.165, 1.54) is 12.0 Å². The quantitative estimate of drug-likeness (QED) is 0.706. The van der Waals surface area contributed by atoms with Crippen molar-refractivity contribution in [2.75, 3.05) is 13.1 Å². The largest absolute Gasteiger partial charge is 0.336 e. The molecule has 3 atom stereocenters. The highest BCUT2D eigenvalue weighted by molar-refractivity contribution is 5.88. The summed E-state index contributed by atoms with van der Waals surface area (Å²) in [5.74, 6) is 0.976. The molecule has 1 N–H and O–H groups in total. The molecule has 1 saturated heterocycles. The first kappa shape index (κ1) is 12.6. The van der Waals surface area contributed by atoms with Crippen LogP contribution in [0.15, 0.2) is 11.6 Å². The molecule has 1 aliphatic heterocycles. The second-order valence-electron chi connectivity index (χ2n) is 5.86. The second-order valence-corrected chi connectivity index (χ2v) is 5.86. The predicted octanol–water partition coefficient (Wildman–Crippen LogP) is 1.94. The van der Waals surface area contributed by atoms with E-state index >= 15 is 0 Å². The zero-order valence-electron chi connectivity index (χ0n) is 11.2. The number of rotatable bonds is 1. The van der Waals surface area contributed by atoms with E-state index in [4.69, 9.17) is 0 Å². The van der Waals surface area contributed by atoms with Crippen molar-refractivity contribution in [3.63, 3.8) is 0 Å². The maximum Gasteiger partial charge on any atom is 0.246 e. The minimum atomic E-state index is 0.217. The molecule has 0 radical (unpaired) electrons. The number of allylic oxidation sites excluding steroid dienone is 1. The van der Waals surface area contributed by atoms with E-state index in [2.05, 4.69) is 26.1 Å². The van der Waals surface area contributed by atoms with Crippen molar-refractivity contribution in [1.29, 1.82) is 0 Å². The summed E-state index contributed by atoms with van der Waals surface area (Å²) < 4.78 is 0. The van der Waals surface area contributed by atoms with Crippen LogP contribution in [0.1, 0.15) is 40.0 Å². The summed E-state index contributed by atoms with van der Waals surface area (Å²) in [7, 11) is 0. The standard InChI is InChI=1S/C14H24N2O/c1-10-4-5-13(6-10)7-14(17)16-8-11(2)15-12(3)9-16/h7,10-12,15H,4-6,8-9H2,1-3H3/b13-7+/t10-,11+,12+/m1/s1. The molecule has 0 bridgehead atoms. The summed E-state index contributed by atoms with van der Waals surface area (Å²) in [5, 5.41) is 3.45. The van der Waals surface area contributed by atoms with Crippen LogP contribution in [0.3, 0.4) is 0 Å². The van der Waals surface area contributed by atoms with E-state index in [1.807, 2.05) is 11.0 Å². The van der Waals surface area contributed by atoms with Crippen molar-refractivity contribution in [3.8, 4) is 0 Å². The fourth-order valence-corrected chi connectivity index (χ4v) is 2.99. The number of amides is 1. The summed E-state index contributed by atoms with van der Waals surface area (Å²) in [6.07, 6.45) is 5.37. The maximum absolute atomic E-state index is 12.2. The van der Waals surface area contributed by atoms with Gasteiger partial charge in [0.05, 0.1) is 0 Å². The van der Waals surface area contributed by atoms with Gasteiger partial charge < -0.3 is 10.2 Å². The molecule has 2 rings (SSSR count). The van der Waals surface area contributed by atoms with Crippen molar-refractivity contribution >= 4 is 5.91 Å². The Labute approximate surface area is 104 Å². The van der Waals surface area contributed by atoms with Crippen LogP contribution in [0.4, 0.5) is 0 Å². The molecule has 1 aliphatic carbocycles. The number of carbonyl (C=O) groups excluding carboxylic acids is 1. The van der Waals surface area contributed by atoms with E-state index in [1.54, 1.807) is 0 Å². The van der Waals surface area contributed by atoms with Crippen LogP contribution < -0.4 is 5.32 Å². The van der Waals surface area contributed by atoms with E-state index in [-0.39, 0.29) is 5.91 Å². The lowest BCUT2D eigenvalue weighted by molar-refractivity contribution is -0.127. The molecule has 1 saturated carbocycles. The normalized spacial score (nSPS) is 36.5. The first-order valence-electron chi connectivity index (χ1n) is 6.79. The van der Waals surface area contributed by atoms with Crippen molar-refractivity contribution < 1.29 is 4.79 Å². The summed E-state index contributed by atoms with van der Waals surface area (Å²) >= 11 is 0. The van der Waals surface area contributed by atoms with E-state index in [0.717, 1.165) is 31.8 Å². The highest BCUT2D eigenvalue weighted by Crippen LogP contribution is 2.29. The highest BCUT2D eigenvalue weighted by Gasteiger charge is 2.24. The third-order valence-electron chi connectivity index (χ3n) is 3.77. The van der Waals surface area contributed by atoms with Gasteiger partial charge in [0, 0.05) is 31.2 Å². The van der Waals surface area contributed by atoms with Crippen LogP contribution in [0.25, 0.3) is 0 Å². The fraction of sp³-hybridized carbons (Fsp3) is 0.786. The highest BCUT2D eigenvalue weighted by atomic mass is 16.2. The van der Waals surface area contributed by atoms with Gasteiger partial charge >= 0.3 is 0 Å². The Balaban J connectivity index is 1.95. The molecule has 2 aliphatic rings. The van der Waals surface area contributed by atoms with E-state index < -0.39 is 0 Å². The Morgan fingerprint density at radius 2 is 1.94 bits per heavy atom. The van der Waals surface area contributed by atoms with Crippen molar-refractivity contribution in [3.05, 3.63) is 11.6 Å². The maximum atomic E-state index is 12.2. The summed E-state index contributed by atoms with van der Waals surface area (Å²) in [5.41, 5.74) is 1.35. The molecule has 0 unspecified atom stereocenters. The Morgan fingerprint density at radius 3 is 2.47 bits per heavy atom. The molecule has 0 spiro atoms. The smallest absolute Gasteiger partial charge is 0.246 e. The molecule has 0 aromatic heterocycles. The third kappa shape index (κ3) is 3.32. The minimum Gasteiger partial charge on any atom is -0.336 e. The summed E-state index contributed by atoms with van der Waals surface area (Å²) in [6.45, 7) is 8.22. The van der Waals surface area contributed by atoms with Crippen LogP contribution in [-0.2, 0) is 4.79 Å². The monoisotopic (exact) mass is 236 g/mol. The molecular weight excluding hydrogens is 212 g/mol. The van der Waals surface area contributed by atoms with Crippen LogP contribution >= 0.6 is 0 Å². The van der Waals surface area contributed by atoms with Gasteiger partial charge in [-0.3, -0.25) is 4.79 Å². The van der Waals surface area contributed by atoms with Crippen molar-refractivity contribution in [2.45, 2.75) is 52.1 Å². The zero-order chi connectivity index (χ0) is 12.4. The fourth-order valence-electron chi connectivity index (χ4n) is 2.99. The van der Waals surface area contributed by atoms with Gasteiger partial charge in [-0.1, -0.05) is 12.5 Å². The zero-order valence-corrected chi connectivity index (χ0v) is 11.2. The molecule has 3 heteroatoms. The Kier molecular flexibility index (Phi) is 3.87. The summed E-state index contributed by atoms with van der Waals surface area (Å²) in [6, 6.07) is 0.812. The second kappa shape index (κ2) is 5.21. The van der Waals surface area contributed by atoms with Gasteiger partial charge in [-0.25, -0.2) is 0 Å². The van der Waals surface area contributed by atoms with Gasteiger partial charge in [0.25, 0.3) is 0 Å². The molecule has 3 nitrogen and oxygen atoms in total. The Hall–Kier alpha value is -0.830. The first-order chi connectivity index (χ1) is 8.04. The van der Waals surface area contributed by atoms with E-state index in [0.29, 0.717) is 12.1 Å². The first-order valence-corrected chi connectivity index (χ1v) is 6.79. The van der Waals surface area contributed by atoms with Crippen LogP contribution in [0.5, 0.6) is 0 Å². The number of carbonyl (C=O) groups is 1. The van der Waals surface area contributed by atoms with Crippen LogP contribution in [0.2, 0.25) is 0 Å². The average Bonchev–Trinajstić information content (AvgIpc) is 2.62. The van der Waals surface area contributed by atoms with Gasteiger partial charge in [-0.05, 0) is 39.0 Å². The molecule has 96 valence electrons. The topological polar surface area (TPSA) is 32.3 Å². The molecule has 17 heavy (non-hydrogen) atoms. The van der Waals surface area contributed by atoms with Gasteiger partial charge in [0.2, 0.25) is 5.91 Å². The molecule has 2 fully saturated rings. The SMILES string of the molecule is C[C@@H]1CC/C(=C\C(=O)N2C[C@H](C)N[C@@H](C)C2)C1. The van der Waals surface area contributed by atoms with E-state index in [9.17, 15) is 4.79 Å². The van der Waals surface area contributed by atoms with Crippen molar-refractivity contribution in [1.82, 2.24) is 10.2 Å². The van der Waals surface area contributed by atoms with Gasteiger partial charge in [-0.15, -0.1) is 0 Å². The average molecular weight is 236 g/mol. The third-order valence-corrected chi connectivity index (χ3v) is 3.77. The Morgan fingerprint density at radius 1 is 1.29 bits per heavy atom. The lowest BCUT2D eigenvalue weighted by Gasteiger charge is -2.35. The van der Waals surface area contributed by atoms with Gasteiger partial charge in [-0.2, -0.15) is 0 Å². The summed E-state index contributed by atoms with van der Waals surface area (Å²) in [4.78, 5) is 14.2. The molecule has 1 heterocycles. The number of piperazine rings is 1. The van der Waals surface area contributed by atoms with Crippen molar-refractivity contribution in [2.24, 2.45) is 5.92 Å². The lowest BCUT2D eigenvalue weighted by atomic mass is 10.1. The van der Waals surface area contributed by atoms with Crippen LogP contribution in [-0.4, -0.2) is 36.0 Å². The molecular formula is C14H24N2O. The lowest BCUT2D eigenvalue weighted by Crippen LogP contribution is -2.55. The molecule has 1 amide bonds. The van der Waals surface area contributed by atoms with Gasteiger partial charge in [0.1, 0.15) is 0 Å². The van der Waals surface area contributed by atoms with Crippen LogP contribution in [0, 0.1) is 5.92 Å².